The van der Waals surface area contributed by atoms with Crippen LogP contribution in [0.2, 0.25) is 0 Å². The van der Waals surface area contributed by atoms with Gasteiger partial charge in [0.25, 0.3) is 0 Å². The summed E-state index contributed by atoms with van der Waals surface area (Å²) in [6.45, 7) is 4.50. The average molecular weight is 256 g/mol. The van der Waals surface area contributed by atoms with E-state index in [9.17, 15) is 9.59 Å². The monoisotopic (exact) mass is 256 g/mol. The van der Waals surface area contributed by atoms with Crippen LogP contribution in [0.15, 0.2) is 0 Å². The van der Waals surface area contributed by atoms with Gasteiger partial charge in [-0.2, -0.15) is 0 Å². The number of rotatable bonds is 8. The van der Waals surface area contributed by atoms with Crippen molar-refractivity contribution >= 4 is 11.9 Å². The highest BCUT2D eigenvalue weighted by molar-refractivity contribution is 5.79. The summed E-state index contributed by atoms with van der Waals surface area (Å²) in [7, 11) is 0. The van der Waals surface area contributed by atoms with Gasteiger partial charge in [0.15, 0.2) is 0 Å². The van der Waals surface area contributed by atoms with Gasteiger partial charge in [0.1, 0.15) is 0 Å². The molecule has 0 aromatic rings. The third kappa shape index (κ3) is 5.49. The fraction of sp³-hybridized carbons (Fsp3) is 0.846. The molecule has 0 radical (unpaired) electrons. The van der Waals surface area contributed by atoms with Crippen molar-refractivity contribution in [2.24, 2.45) is 11.8 Å². The van der Waals surface area contributed by atoms with Gasteiger partial charge in [-0.25, -0.2) is 0 Å². The Morgan fingerprint density at radius 2 is 1.94 bits per heavy atom. The van der Waals surface area contributed by atoms with E-state index in [1.165, 1.54) is 0 Å². The van der Waals surface area contributed by atoms with Gasteiger partial charge in [-0.05, 0) is 25.3 Å². The highest BCUT2D eigenvalue weighted by Gasteiger charge is 2.28. The van der Waals surface area contributed by atoms with Crippen molar-refractivity contribution in [3.8, 4) is 0 Å². The van der Waals surface area contributed by atoms with Gasteiger partial charge in [-0.3, -0.25) is 9.59 Å². The van der Waals surface area contributed by atoms with Crippen molar-refractivity contribution in [3.63, 3.8) is 0 Å². The van der Waals surface area contributed by atoms with Gasteiger partial charge >= 0.3 is 5.97 Å². The highest BCUT2D eigenvalue weighted by atomic mass is 16.4. The normalized spacial score (nSPS) is 22.9. The molecule has 1 aliphatic heterocycles. The molecule has 1 aliphatic rings. The van der Waals surface area contributed by atoms with Gasteiger partial charge in [0.2, 0.25) is 5.91 Å². The zero-order valence-electron chi connectivity index (χ0n) is 11.1. The van der Waals surface area contributed by atoms with Crippen molar-refractivity contribution in [3.05, 3.63) is 0 Å². The summed E-state index contributed by atoms with van der Waals surface area (Å²) in [6.07, 6.45) is 3.81. The lowest BCUT2D eigenvalue weighted by Gasteiger charge is -2.13. The predicted octanol–water partition coefficient (Wildman–Crippen LogP) is 0.993. The van der Waals surface area contributed by atoms with E-state index in [-0.39, 0.29) is 18.2 Å². The molecular formula is C13H24N2O3. The van der Waals surface area contributed by atoms with Crippen molar-refractivity contribution < 1.29 is 14.7 Å². The number of carbonyl (C=O) groups excluding carboxylic acids is 1. The summed E-state index contributed by atoms with van der Waals surface area (Å²) >= 11 is 0. The van der Waals surface area contributed by atoms with Crippen LogP contribution in [0.25, 0.3) is 0 Å². The molecule has 0 spiro atoms. The molecule has 0 bridgehead atoms. The van der Waals surface area contributed by atoms with Gasteiger partial charge in [0, 0.05) is 19.5 Å². The third-order valence-electron chi connectivity index (χ3n) is 3.47. The molecular weight excluding hydrogens is 232 g/mol. The van der Waals surface area contributed by atoms with Crippen LogP contribution in [0.4, 0.5) is 0 Å². The lowest BCUT2D eigenvalue weighted by molar-refractivity contribution is -0.137. The van der Waals surface area contributed by atoms with Crippen LogP contribution in [-0.2, 0) is 9.59 Å². The van der Waals surface area contributed by atoms with E-state index in [1.807, 2.05) is 0 Å². The van der Waals surface area contributed by atoms with E-state index in [1.54, 1.807) is 0 Å². The van der Waals surface area contributed by atoms with Gasteiger partial charge in [-0.15, -0.1) is 0 Å². The molecule has 0 saturated carbocycles. The molecule has 1 saturated heterocycles. The summed E-state index contributed by atoms with van der Waals surface area (Å²) in [5, 5.41) is 14.6. The number of unbranched alkanes of at least 4 members (excludes halogenated alkanes) is 3. The Kier molecular flexibility index (Phi) is 6.72. The fourth-order valence-electron chi connectivity index (χ4n) is 2.26. The predicted molar refractivity (Wildman–Crippen MR) is 69.3 cm³/mol. The van der Waals surface area contributed by atoms with Gasteiger partial charge < -0.3 is 15.7 Å². The number of aliphatic carboxylic acids is 1. The number of hydrogen-bond donors (Lipinski definition) is 3. The molecule has 18 heavy (non-hydrogen) atoms. The number of carbonyl (C=O) groups is 2. The van der Waals surface area contributed by atoms with E-state index in [4.69, 9.17) is 5.11 Å². The minimum absolute atomic E-state index is 0.108. The van der Waals surface area contributed by atoms with Crippen LogP contribution in [-0.4, -0.2) is 36.6 Å². The molecule has 1 fully saturated rings. The average Bonchev–Trinajstić information content (AvgIpc) is 2.73. The second-order valence-corrected chi connectivity index (χ2v) is 5.09. The topological polar surface area (TPSA) is 78.4 Å². The summed E-state index contributed by atoms with van der Waals surface area (Å²) in [6, 6.07) is 0. The van der Waals surface area contributed by atoms with Crippen LogP contribution in [0.1, 0.15) is 39.0 Å². The zero-order valence-corrected chi connectivity index (χ0v) is 11.1. The maximum Gasteiger partial charge on any atom is 0.303 e. The Morgan fingerprint density at radius 1 is 1.22 bits per heavy atom. The third-order valence-corrected chi connectivity index (χ3v) is 3.47. The van der Waals surface area contributed by atoms with E-state index in [0.717, 1.165) is 38.8 Å². The molecule has 5 nitrogen and oxygen atoms in total. The lowest BCUT2D eigenvalue weighted by Crippen LogP contribution is -2.34. The van der Waals surface area contributed by atoms with E-state index in [2.05, 4.69) is 17.6 Å². The first-order valence-electron chi connectivity index (χ1n) is 6.81. The molecule has 0 aromatic heterocycles. The zero-order chi connectivity index (χ0) is 13.4. The van der Waals surface area contributed by atoms with Crippen molar-refractivity contribution in [1.29, 1.82) is 0 Å². The molecule has 0 aliphatic carbocycles. The quantitative estimate of drug-likeness (QED) is 0.566. The molecule has 1 amide bonds. The largest absolute Gasteiger partial charge is 0.481 e. The van der Waals surface area contributed by atoms with Crippen LogP contribution >= 0.6 is 0 Å². The standard InChI is InChI=1S/C13H24N2O3/c1-10-8-14-9-11(10)13(18)15-7-5-3-2-4-6-12(16)17/h10-11,14H,2-9H2,1H3,(H,15,18)(H,16,17)/t10-,11-/m1/s1. The molecule has 1 heterocycles. The highest BCUT2D eigenvalue weighted by Crippen LogP contribution is 2.15. The number of carboxylic acids is 1. The smallest absolute Gasteiger partial charge is 0.303 e. The molecule has 5 heteroatoms. The maximum absolute atomic E-state index is 11.8. The van der Waals surface area contributed by atoms with Crippen LogP contribution < -0.4 is 10.6 Å². The minimum Gasteiger partial charge on any atom is -0.481 e. The number of amides is 1. The summed E-state index contributed by atoms with van der Waals surface area (Å²) in [5.41, 5.74) is 0. The van der Waals surface area contributed by atoms with E-state index >= 15 is 0 Å². The number of nitrogens with one attached hydrogen (secondary N) is 2. The Morgan fingerprint density at radius 3 is 2.56 bits per heavy atom. The van der Waals surface area contributed by atoms with Crippen molar-refractivity contribution in [1.82, 2.24) is 10.6 Å². The minimum atomic E-state index is -0.731. The molecule has 3 N–H and O–H groups in total. The van der Waals surface area contributed by atoms with Gasteiger partial charge in [0.05, 0.1) is 5.92 Å². The maximum atomic E-state index is 11.8. The second kappa shape index (κ2) is 8.08. The summed E-state index contributed by atoms with van der Waals surface area (Å²) in [4.78, 5) is 22.1. The van der Waals surface area contributed by atoms with E-state index in [0.29, 0.717) is 12.5 Å². The van der Waals surface area contributed by atoms with Gasteiger partial charge in [-0.1, -0.05) is 19.8 Å². The Labute approximate surface area is 108 Å². The van der Waals surface area contributed by atoms with Crippen LogP contribution in [0.5, 0.6) is 0 Å². The molecule has 1 rings (SSSR count). The number of carboxylic acid groups (broad SMARTS) is 1. The second-order valence-electron chi connectivity index (χ2n) is 5.09. The first-order chi connectivity index (χ1) is 8.61. The molecule has 0 aromatic carbocycles. The number of hydrogen-bond acceptors (Lipinski definition) is 3. The summed E-state index contributed by atoms with van der Waals surface area (Å²) < 4.78 is 0. The van der Waals surface area contributed by atoms with Crippen molar-refractivity contribution in [2.75, 3.05) is 19.6 Å². The van der Waals surface area contributed by atoms with E-state index < -0.39 is 5.97 Å². The molecule has 2 atom stereocenters. The Hall–Kier alpha value is -1.10. The van der Waals surface area contributed by atoms with Crippen molar-refractivity contribution in [2.45, 2.75) is 39.0 Å². The summed E-state index contributed by atoms with van der Waals surface area (Å²) in [5.74, 6) is -0.0540. The first kappa shape index (κ1) is 15.0. The molecule has 104 valence electrons. The Balaban J connectivity index is 1.97. The first-order valence-corrected chi connectivity index (χ1v) is 6.81. The SMILES string of the molecule is C[C@@H]1CNC[C@H]1C(=O)NCCCCCCC(=O)O. The Bertz CT molecular complexity index is 281. The lowest BCUT2D eigenvalue weighted by atomic mass is 9.97. The fourth-order valence-corrected chi connectivity index (χ4v) is 2.26. The van der Waals surface area contributed by atoms with Crippen LogP contribution in [0.3, 0.4) is 0 Å². The van der Waals surface area contributed by atoms with Crippen LogP contribution in [0, 0.1) is 11.8 Å². The molecule has 0 unspecified atom stereocenters.